The molecule has 8 heteroatoms. The second-order valence-electron chi connectivity index (χ2n) is 5.33. The van der Waals surface area contributed by atoms with Crippen molar-refractivity contribution < 1.29 is 18.7 Å². The van der Waals surface area contributed by atoms with Crippen molar-refractivity contribution in [1.82, 2.24) is 9.88 Å². The molecule has 0 saturated carbocycles. The number of carbonyl (C=O) groups excluding carboxylic acids is 2. The number of ketones is 1. The number of likely N-dealkylation sites (N-methyl/N-ethyl adjacent to an activating group) is 1. The van der Waals surface area contributed by atoms with Crippen molar-refractivity contribution in [1.29, 1.82) is 0 Å². The molecule has 0 radical (unpaired) electrons. The Hall–Kier alpha value is -1.73. The van der Waals surface area contributed by atoms with Crippen LogP contribution >= 0.6 is 11.6 Å². The molecule has 1 aromatic heterocycles. The summed E-state index contributed by atoms with van der Waals surface area (Å²) in [4.78, 5) is 31.3. The summed E-state index contributed by atoms with van der Waals surface area (Å²) in [5.41, 5.74) is -0.102. The molecule has 0 aromatic carbocycles. The molecule has 1 saturated heterocycles. The highest BCUT2D eigenvalue weighted by molar-refractivity contribution is 6.33. The molecule has 1 aliphatic heterocycles. The zero-order chi connectivity index (χ0) is 17.0. The molecule has 2 rings (SSSR count). The van der Waals surface area contributed by atoms with Crippen molar-refractivity contribution in [3.63, 3.8) is 0 Å². The maximum atomic E-state index is 14.3. The van der Waals surface area contributed by atoms with Gasteiger partial charge in [-0.1, -0.05) is 11.6 Å². The molecule has 1 aliphatic rings. The van der Waals surface area contributed by atoms with E-state index >= 15 is 0 Å². The maximum absolute atomic E-state index is 14.3. The normalized spacial score (nSPS) is 15.6. The van der Waals surface area contributed by atoms with Crippen LogP contribution in [0.5, 0.6) is 0 Å². The Bertz CT molecular complexity index is 604. The van der Waals surface area contributed by atoms with Crippen molar-refractivity contribution in [3.8, 4) is 0 Å². The molecular formula is C15H19ClFN3O3. The van der Waals surface area contributed by atoms with Gasteiger partial charge in [-0.3, -0.25) is 9.59 Å². The molecule has 6 nitrogen and oxygen atoms in total. The minimum Gasteiger partial charge on any atom is -0.466 e. The summed E-state index contributed by atoms with van der Waals surface area (Å²) in [5, 5.41) is -0.102. The number of anilines is 1. The predicted octanol–water partition coefficient (Wildman–Crippen LogP) is 1.76. The van der Waals surface area contributed by atoms with E-state index in [0.717, 1.165) is 19.2 Å². The average Bonchev–Trinajstić information content (AvgIpc) is 2.50. The number of carbonyl (C=O) groups is 2. The van der Waals surface area contributed by atoms with Crippen LogP contribution in [0.4, 0.5) is 10.2 Å². The van der Waals surface area contributed by atoms with Gasteiger partial charge in [0.1, 0.15) is 11.6 Å². The summed E-state index contributed by atoms with van der Waals surface area (Å²) >= 11 is 6.02. The van der Waals surface area contributed by atoms with E-state index in [9.17, 15) is 14.0 Å². The summed E-state index contributed by atoms with van der Waals surface area (Å²) < 4.78 is 19.0. The van der Waals surface area contributed by atoms with Crippen LogP contribution in [0.15, 0.2) is 6.07 Å². The van der Waals surface area contributed by atoms with E-state index in [4.69, 9.17) is 16.3 Å². The Kier molecular flexibility index (Phi) is 5.90. The molecular weight excluding hydrogens is 325 g/mol. The van der Waals surface area contributed by atoms with Crippen LogP contribution in [-0.4, -0.2) is 61.5 Å². The van der Waals surface area contributed by atoms with Gasteiger partial charge in [0.25, 0.3) is 0 Å². The molecule has 2 heterocycles. The van der Waals surface area contributed by atoms with Gasteiger partial charge in [0.15, 0.2) is 17.4 Å². The fourth-order valence-electron chi connectivity index (χ4n) is 2.33. The van der Waals surface area contributed by atoms with Gasteiger partial charge in [-0.2, -0.15) is 0 Å². The Morgan fingerprint density at radius 1 is 1.35 bits per heavy atom. The lowest BCUT2D eigenvalue weighted by Crippen LogP contribution is -2.45. The van der Waals surface area contributed by atoms with E-state index in [-0.39, 0.29) is 23.1 Å². The molecule has 0 atom stereocenters. The molecule has 0 unspecified atom stereocenters. The monoisotopic (exact) mass is 343 g/mol. The number of Topliss-reactive ketones (excluding diaryl/α,β-unsaturated/α-hetero) is 1. The molecule has 0 spiro atoms. The number of pyridine rings is 1. The summed E-state index contributed by atoms with van der Waals surface area (Å²) in [5.74, 6) is -1.76. The van der Waals surface area contributed by atoms with Crippen LogP contribution < -0.4 is 4.90 Å². The fourth-order valence-corrected chi connectivity index (χ4v) is 2.57. The minimum absolute atomic E-state index is 0.102. The number of esters is 1. The van der Waals surface area contributed by atoms with Gasteiger partial charge in [0, 0.05) is 26.2 Å². The fraction of sp³-hybridized carbons (Fsp3) is 0.533. The Morgan fingerprint density at radius 2 is 2.00 bits per heavy atom. The van der Waals surface area contributed by atoms with Gasteiger partial charge >= 0.3 is 5.97 Å². The highest BCUT2D eigenvalue weighted by atomic mass is 35.5. The van der Waals surface area contributed by atoms with E-state index in [0.29, 0.717) is 13.1 Å². The Morgan fingerprint density at radius 3 is 2.61 bits per heavy atom. The van der Waals surface area contributed by atoms with Crippen molar-refractivity contribution >= 4 is 29.2 Å². The molecule has 23 heavy (non-hydrogen) atoms. The zero-order valence-electron chi connectivity index (χ0n) is 13.1. The summed E-state index contributed by atoms with van der Waals surface area (Å²) in [6.45, 7) is 4.67. The van der Waals surface area contributed by atoms with Crippen LogP contribution in [0, 0.1) is 5.82 Å². The number of nitrogens with zero attached hydrogens (tertiary/aromatic N) is 3. The zero-order valence-corrected chi connectivity index (χ0v) is 13.9. The van der Waals surface area contributed by atoms with Crippen LogP contribution in [-0.2, 0) is 9.53 Å². The predicted molar refractivity (Wildman–Crippen MR) is 84.5 cm³/mol. The molecule has 0 bridgehead atoms. The number of ether oxygens (including phenoxy) is 1. The second kappa shape index (κ2) is 7.70. The van der Waals surface area contributed by atoms with Gasteiger partial charge < -0.3 is 14.5 Å². The first kappa shape index (κ1) is 17.6. The Balaban J connectivity index is 2.16. The molecule has 0 N–H and O–H groups in total. The van der Waals surface area contributed by atoms with Crippen molar-refractivity contribution in [3.05, 3.63) is 22.6 Å². The third-order valence-electron chi connectivity index (χ3n) is 3.62. The van der Waals surface area contributed by atoms with Gasteiger partial charge in [0.2, 0.25) is 0 Å². The number of halogens is 2. The van der Waals surface area contributed by atoms with E-state index in [1.54, 1.807) is 11.8 Å². The van der Waals surface area contributed by atoms with Crippen LogP contribution in [0.2, 0.25) is 5.15 Å². The third-order valence-corrected chi connectivity index (χ3v) is 3.91. The molecule has 1 aromatic rings. The summed E-state index contributed by atoms with van der Waals surface area (Å²) in [6, 6.07) is 1.05. The van der Waals surface area contributed by atoms with Crippen molar-refractivity contribution in [2.75, 3.05) is 44.7 Å². The third kappa shape index (κ3) is 4.39. The minimum atomic E-state index is -0.669. The summed E-state index contributed by atoms with van der Waals surface area (Å²) in [6.07, 6.45) is -0.484. The average molecular weight is 344 g/mol. The highest BCUT2D eigenvalue weighted by Gasteiger charge is 2.23. The standard InChI is InChI=1S/C15H19ClFN3O3/c1-3-23-13(22)9-12(21)10-8-11(17)15(18-14(10)16)20-6-4-19(2)5-7-20/h8H,3-7,9H2,1-2H3. The van der Waals surface area contributed by atoms with E-state index in [1.165, 1.54) is 0 Å². The Labute approximate surface area is 139 Å². The van der Waals surface area contributed by atoms with Gasteiger partial charge in [-0.05, 0) is 20.0 Å². The second-order valence-corrected chi connectivity index (χ2v) is 5.69. The lowest BCUT2D eigenvalue weighted by atomic mass is 10.1. The van der Waals surface area contributed by atoms with Crippen molar-refractivity contribution in [2.24, 2.45) is 0 Å². The number of hydrogen-bond donors (Lipinski definition) is 0. The lowest BCUT2D eigenvalue weighted by Gasteiger charge is -2.33. The first-order chi connectivity index (χ1) is 10.9. The highest BCUT2D eigenvalue weighted by Crippen LogP contribution is 2.25. The van der Waals surface area contributed by atoms with Crippen molar-refractivity contribution in [2.45, 2.75) is 13.3 Å². The SMILES string of the molecule is CCOC(=O)CC(=O)c1cc(F)c(N2CCN(C)CC2)nc1Cl. The van der Waals surface area contributed by atoms with Crippen LogP contribution in [0.25, 0.3) is 0 Å². The first-order valence-corrected chi connectivity index (χ1v) is 7.78. The van der Waals surface area contributed by atoms with Gasteiger partial charge in [0.05, 0.1) is 12.2 Å². The van der Waals surface area contributed by atoms with Gasteiger partial charge in [-0.15, -0.1) is 0 Å². The van der Waals surface area contributed by atoms with E-state index in [1.807, 2.05) is 7.05 Å². The first-order valence-electron chi connectivity index (χ1n) is 7.40. The largest absolute Gasteiger partial charge is 0.466 e. The molecule has 1 fully saturated rings. The van der Waals surface area contributed by atoms with Gasteiger partial charge in [-0.25, -0.2) is 9.37 Å². The number of piperazine rings is 1. The smallest absolute Gasteiger partial charge is 0.313 e. The molecule has 0 aliphatic carbocycles. The topological polar surface area (TPSA) is 62.7 Å². The molecule has 0 amide bonds. The quantitative estimate of drug-likeness (QED) is 0.351. The van der Waals surface area contributed by atoms with E-state index < -0.39 is 24.0 Å². The van der Waals surface area contributed by atoms with E-state index in [2.05, 4.69) is 9.88 Å². The molecule has 126 valence electrons. The maximum Gasteiger partial charge on any atom is 0.313 e. The van der Waals surface area contributed by atoms with Crippen LogP contribution in [0.3, 0.4) is 0 Å². The summed E-state index contributed by atoms with van der Waals surface area (Å²) in [7, 11) is 1.99. The lowest BCUT2D eigenvalue weighted by molar-refractivity contribution is -0.141. The number of hydrogen-bond acceptors (Lipinski definition) is 6. The number of rotatable bonds is 5. The van der Waals surface area contributed by atoms with Crippen LogP contribution in [0.1, 0.15) is 23.7 Å². The number of aromatic nitrogens is 1.